The van der Waals surface area contributed by atoms with Gasteiger partial charge in [-0.25, -0.2) is 0 Å². The second kappa shape index (κ2) is 4.49. The Bertz CT molecular complexity index is 187. The lowest BCUT2D eigenvalue weighted by molar-refractivity contribution is 0.177. The number of hydrogen-bond acceptors (Lipinski definition) is 1. The highest BCUT2D eigenvalue weighted by atomic mass is 16.4. The van der Waals surface area contributed by atoms with E-state index in [9.17, 15) is 0 Å². The molecular formula is C13H25BO. The molecule has 0 atom stereocenters. The molecule has 0 amide bonds. The Morgan fingerprint density at radius 3 is 1.87 bits per heavy atom. The van der Waals surface area contributed by atoms with Crippen LogP contribution < -0.4 is 0 Å². The van der Waals surface area contributed by atoms with Gasteiger partial charge in [0, 0.05) is 6.61 Å². The van der Waals surface area contributed by atoms with Crippen molar-refractivity contribution in [3.8, 4) is 0 Å². The van der Waals surface area contributed by atoms with Crippen molar-refractivity contribution in [1.29, 1.82) is 0 Å². The maximum atomic E-state index is 6.21. The largest absolute Gasteiger partial charge is 0.435 e. The van der Waals surface area contributed by atoms with E-state index in [-0.39, 0.29) is 0 Å². The van der Waals surface area contributed by atoms with Crippen molar-refractivity contribution in [3.05, 3.63) is 0 Å². The Morgan fingerprint density at radius 2 is 1.47 bits per heavy atom. The fraction of sp³-hybridized carbons (Fsp3) is 1.00. The molecule has 0 aromatic carbocycles. The van der Waals surface area contributed by atoms with E-state index < -0.39 is 0 Å². The summed E-state index contributed by atoms with van der Waals surface area (Å²) in [4.78, 5) is 0. The average Bonchev–Trinajstić information content (AvgIpc) is 2.12. The average molecular weight is 208 g/mol. The molecule has 2 heterocycles. The normalized spacial score (nSPS) is 31.8. The molecule has 2 fully saturated rings. The zero-order valence-electron chi connectivity index (χ0n) is 10.6. The monoisotopic (exact) mass is 208 g/mol. The number of fused-ring (bicyclic) bond motifs is 2. The lowest BCUT2D eigenvalue weighted by Gasteiger charge is -2.40. The van der Waals surface area contributed by atoms with E-state index in [0.717, 1.165) is 18.2 Å². The van der Waals surface area contributed by atoms with Crippen molar-refractivity contribution < 1.29 is 4.65 Å². The van der Waals surface area contributed by atoms with Crippen LogP contribution in [0.3, 0.4) is 0 Å². The molecule has 2 heteroatoms. The highest BCUT2D eigenvalue weighted by Gasteiger charge is 2.41. The standard InChI is InChI=1S/C13H25BO/c1-13(2,3)10-15-14-11-6-4-7-12(14)9-5-8-11/h11-12H,4-10H2,1-3H3. The van der Waals surface area contributed by atoms with Crippen molar-refractivity contribution in [3.63, 3.8) is 0 Å². The zero-order valence-corrected chi connectivity index (χ0v) is 10.6. The minimum atomic E-state index is 0.325. The molecule has 0 unspecified atom stereocenters. The van der Waals surface area contributed by atoms with Crippen LogP contribution in [0.2, 0.25) is 11.6 Å². The quantitative estimate of drug-likeness (QED) is 0.619. The molecule has 0 aromatic heterocycles. The summed E-state index contributed by atoms with van der Waals surface area (Å²) in [5.74, 6) is 1.78. The molecule has 0 radical (unpaired) electrons. The second-order valence-corrected chi connectivity index (χ2v) is 6.72. The van der Waals surface area contributed by atoms with Crippen molar-refractivity contribution in [2.75, 3.05) is 6.61 Å². The number of hydrogen-bond donors (Lipinski definition) is 0. The van der Waals surface area contributed by atoms with Crippen molar-refractivity contribution in [2.24, 2.45) is 5.41 Å². The lowest BCUT2D eigenvalue weighted by atomic mass is 9.38. The van der Waals surface area contributed by atoms with E-state index in [4.69, 9.17) is 4.65 Å². The smallest absolute Gasteiger partial charge is 0.299 e. The molecule has 2 saturated heterocycles. The molecule has 0 saturated carbocycles. The van der Waals surface area contributed by atoms with Crippen molar-refractivity contribution in [2.45, 2.75) is 70.9 Å². The Labute approximate surface area is 95.1 Å². The van der Waals surface area contributed by atoms with Gasteiger partial charge in [-0.1, -0.05) is 59.3 Å². The summed E-state index contributed by atoms with van der Waals surface area (Å²) in [6, 6.07) is 0. The van der Waals surface area contributed by atoms with Crippen LogP contribution in [-0.2, 0) is 4.65 Å². The van der Waals surface area contributed by atoms with Gasteiger partial charge in [-0.05, 0) is 17.0 Å². The van der Waals surface area contributed by atoms with Gasteiger partial charge < -0.3 is 4.65 Å². The van der Waals surface area contributed by atoms with Gasteiger partial charge in [0.15, 0.2) is 0 Å². The molecule has 0 aliphatic carbocycles. The van der Waals surface area contributed by atoms with Gasteiger partial charge in [-0.3, -0.25) is 0 Å². The van der Waals surface area contributed by atoms with Crippen LogP contribution in [0.1, 0.15) is 59.3 Å². The third kappa shape index (κ3) is 2.99. The van der Waals surface area contributed by atoms with Crippen LogP contribution in [0.5, 0.6) is 0 Å². The van der Waals surface area contributed by atoms with Gasteiger partial charge in [-0.15, -0.1) is 0 Å². The van der Waals surface area contributed by atoms with Gasteiger partial charge in [0.2, 0.25) is 0 Å². The third-order valence-corrected chi connectivity index (χ3v) is 3.94. The van der Waals surface area contributed by atoms with Gasteiger partial charge >= 0.3 is 0 Å². The van der Waals surface area contributed by atoms with E-state index in [2.05, 4.69) is 20.8 Å². The summed E-state index contributed by atoms with van der Waals surface area (Å²) in [6.45, 7) is 8.35. The Kier molecular flexibility index (Phi) is 3.44. The number of rotatable bonds is 2. The fourth-order valence-electron chi connectivity index (χ4n) is 3.23. The Balaban J connectivity index is 1.89. The summed E-state index contributed by atoms with van der Waals surface area (Å²) in [7, 11) is 0. The van der Waals surface area contributed by atoms with Gasteiger partial charge in [0.25, 0.3) is 6.92 Å². The highest BCUT2D eigenvalue weighted by Crippen LogP contribution is 2.46. The molecule has 0 aromatic rings. The van der Waals surface area contributed by atoms with E-state index in [0.29, 0.717) is 12.3 Å². The first-order valence-electron chi connectivity index (χ1n) is 6.68. The van der Waals surface area contributed by atoms with Crippen LogP contribution in [-0.4, -0.2) is 13.5 Å². The molecule has 2 aliphatic heterocycles. The first kappa shape index (κ1) is 11.5. The molecule has 2 rings (SSSR count). The molecule has 0 N–H and O–H groups in total. The van der Waals surface area contributed by atoms with E-state index in [1.807, 2.05) is 0 Å². The maximum Gasteiger partial charge on any atom is 0.299 e. The summed E-state index contributed by atoms with van der Waals surface area (Å²) in [5, 5.41) is 0. The lowest BCUT2D eigenvalue weighted by Crippen LogP contribution is -2.39. The minimum absolute atomic E-state index is 0.325. The highest BCUT2D eigenvalue weighted by molar-refractivity contribution is 6.56. The van der Waals surface area contributed by atoms with E-state index in [1.54, 1.807) is 0 Å². The predicted molar refractivity (Wildman–Crippen MR) is 66.4 cm³/mol. The summed E-state index contributed by atoms with van der Waals surface area (Å²) < 4.78 is 6.21. The zero-order chi connectivity index (χ0) is 10.9. The van der Waals surface area contributed by atoms with Crippen LogP contribution in [0, 0.1) is 5.41 Å². The van der Waals surface area contributed by atoms with E-state index >= 15 is 0 Å². The third-order valence-electron chi connectivity index (χ3n) is 3.94. The molecule has 86 valence electrons. The second-order valence-electron chi connectivity index (χ2n) is 6.72. The summed E-state index contributed by atoms with van der Waals surface area (Å²) >= 11 is 0. The molecule has 1 nitrogen and oxygen atoms in total. The maximum absolute atomic E-state index is 6.21. The molecule has 2 bridgehead atoms. The summed E-state index contributed by atoms with van der Waals surface area (Å²) in [6.07, 6.45) is 8.59. The van der Waals surface area contributed by atoms with Crippen molar-refractivity contribution >= 4 is 6.92 Å². The van der Waals surface area contributed by atoms with Crippen molar-refractivity contribution in [1.82, 2.24) is 0 Å². The molecular weight excluding hydrogens is 183 g/mol. The molecule has 2 aliphatic rings. The first-order valence-corrected chi connectivity index (χ1v) is 6.68. The van der Waals surface area contributed by atoms with Gasteiger partial charge in [0.05, 0.1) is 0 Å². The SMILES string of the molecule is CC(C)(C)COB1C2CCCC1CCC2. The molecule has 15 heavy (non-hydrogen) atoms. The van der Waals surface area contributed by atoms with Gasteiger partial charge in [-0.2, -0.15) is 0 Å². The summed E-state index contributed by atoms with van der Waals surface area (Å²) in [5.41, 5.74) is 0.325. The Morgan fingerprint density at radius 1 is 1.00 bits per heavy atom. The fourth-order valence-corrected chi connectivity index (χ4v) is 3.23. The predicted octanol–water partition coefficient (Wildman–Crippen LogP) is 4.15. The topological polar surface area (TPSA) is 9.23 Å². The van der Waals surface area contributed by atoms with Gasteiger partial charge in [0.1, 0.15) is 0 Å². The van der Waals surface area contributed by atoms with Crippen LogP contribution in [0.25, 0.3) is 0 Å². The first-order chi connectivity index (χ1) is 7.06. The minimum Gasteiger partial charge on any atom is -0.435 e. The van der Waals surface area contributed by atoms with E-state index in [1.165, 1.54) is 38.5 Å². The molecule has 0 spiro atoms. The van der Waals surface area contributed by atoms with Crippen LogP contribution in [0.4, 0.5) is 0 Å². The Hall–Kier alpha value is 0.0249. The van der Waals surface area contributed by atoms with Crippen LogP contribution >= 0.6 is 0 Å². The van der Waals surface area contributed by atoms with Crippen LogP contribution in [0.15, 0.2) is 0 Å².